The van der Waals surface area contributed by atoms with E-state index < -0.39 is 0 Å². The van der Waals surface area contributed by atoms with Crippen LogP contribution in [0.5, 0.6) is 11.5 Å². The molecule has 4 heteroatoms. The van der Waals surface area contributed by atoms with E-state index in [2.05, 4.69) is 20.9 Å². The summed E-state index contributed by atoms with van der Waals surface area (Å²) in [5.74, 6) is 1.51. The topological polar surface area (TPSA) is 48.1 Å². The predicted octanol–water partition coefficient (Wildman–Crippen LogP) is 4.68. The van der Waals surface area contributed by atoms with E-state index in [9.17, 15) is 0 Å². The molecule has 3 nitrogen and oxygen atoms in total. The SMILES string of the molecule is Cc1ccc(Oc2ccc(N)c3ccncc23)c(Br)c1. The average Bonchev–Trinajstić information content (AvgIpc) is 2.45. The zero-order valence-corrected chi connectivity index (χ0v) is 12.5. The maximum Gasteiger partial charge on any atom is 0.141 e. The molecule has 0 atom stereocenters. The average molecular weight is 329 g/mol. The smallest absolute Gasteiger partial charge is 0.141 e. The third-order valence-electron chi connectivity index (χ3n) is 3.12. The normalized spacial score (nSPS) is 10.7. The Hall–Kier alpha value is -2.07. The van der Waals surface area contributed by atoms with Gasteiger partial charge in [0.25, 0.3) is 0 Å². The number of ether oxygens (including phenoxy) is 1. The number of nitrogen functional groups attached to an aromatic ring is 1. The fourth-order valence-corrected chi connectivity index (χ4v) is 2.66. The van der Waals surface area contributed by atoms with E-state index in [4.69, 9.17) is 10.5 Å². The zero-order valence-electron chi connectivity index (χ0n) is 10.9. The number of aryl methyl sites for hydroxylation is 1. The van der Waals surface area contributed by atoms with Gasteiger partial charge in [0.15, 0.2) is 0 Å². The monoisotopic (exact) mass is 328 g/mol. The number of halogens is 1. The lowest BCUT2D eigenvalue weighted by molar-refractivity contribution is 0.485. The molecule has 0 saturated heterocycles. The maximum absolute atomic E-state index is 5.99. The molecule has 0 radical (unpaired) electrons. The minimum absolute atomic E-state index is 0.720. The molecule has 0 unspecified atom stereocenters. The number of benzene rings is 2. The molecule has 0 amide bonds. The maximum atomic E-state index is 5.99. The Morgan fingerprint density at radius 2 is 1.85 bits per heavy atom. The lowest BCUT2D eigenvalue weighted by Gasteiger charge is -2.11. The van der Waals surface area contributed by atoms with Gasteiger partial charge in [0, 0.05) is 28.9 Å². The fourth-order valence-electron chi connectivity index (χ4n) is 2.08. The largest absolute Gasteiger partial charge is 0.455 e. The van der Waals surface area contributed by atoms with Crippen molar-refractivity contribution in [3.8, 4) is 11.5 Å². The third kappa shape index (κ3) is 2.34. The molecule has 100 valence electrons. The Bertz CT molecular complexity index is 787. The standard InChI is InChI=1S/C16H13BrN2O/c1-10-2-4-16(13(17)8-10)20-15-5-3-14(18)11-6-7-19-9-12(11)15/h2-9H,18H2,1H3. The summed E-state index contributed by atoms with van der Waals surface area (Å²) in [7, 11) is 0. The quantitative estimate of drug-likeness (QED) is 0.695. The number of aromatic nitrogens is 1. The van der Waals surface area contributed by atoms with E-state index in [1.807, 2.05) is 43.3 Å². The molecule has 20 heavy (non-hydrogen) atoms. The van der Waals surface area contributed by atoms with Crippen LogP contribution in [-0.4, -0.2) is 4.98 Å². The molecule has 0 aliphatic heterocycles. The Balaban J connectivity index is 2.09. The third-order valence-corrected chi connectivity index (χ3v) is 3.74. The van der Waals surface area contributed by atoms with Gasteiger partial charge in [-0.05, 0) is 58.7 Å². The number of rotatable bonds is 2. The summed E-state index contributed by atoms with van der Waals surface area (Å²) in [6.45, 7) is 2.04. The second-order valence-electron chi connectivity index (χ2n) is 4.61. The van der Waals surface area contributed by atoms with Crippen molar-refractivity contribution in [2.75, 3.05) is 5.73 Å². The molecule has 2 N–H and O–H groups in total. The molecule has 0 aliphatic carbocycles. The van der Waals surface area contributed by atoms with Crippen molar-refractivity contribution in [1.82, 2.24) is 4.98 Å². The summed E-state index contributed by atoms with van der Waals surface area (Å²) in [6.07, 6.45) is 3.49. The van der Waals surface area contributed by atoms with Crippen LogP contribution in [0, 0.1) is 6.92 Å². The molecular weight excluding hydrogens is 316 g/mol. The predicted molar refractivity (Wildman–Crippen MR) is 85.1 cm³/mol. The summed E-state index contributed by atoms with van der Waals surface area (Å²) in [5.41, 5.74) is 7.87. The second kappa shape index (κ2) is 5.13. The highest BCUT2D eigenvalue weighted by molar-refractivity contribution is 9.10. The molecule has 3 aromatic rings. The number of fused-ring (bicyclic) bond motifs is 1. The van der Waals surface area contributed by atoms with Crippen LogP contribution in [0.15, 0.2) is 53.3 Å². The van der Waals surface area contributed by atoms with Gasteiger partial charge in [-0.3, -0.25) is 4.98 Å². The molecule has 0 saturated carbocycles. The minimum Gasteiger partial charge on any atom is -0.455 e. The first-order chi connectivity index (χ1) is 9.65. The molecule has 3 rings (SSSR count). The van der Waals surface area contributed by atoms with Crippen LogP contribution in [0.3, 0.4) is 0 Å². The van der Waals surface area contributed by atoms with Crippen LogP contribution < -0.4 is 10.5 Å². The summed E-state index contributed by atoms with van der Waals surface area (Å²) < 4.78 is 6.91. The Labute approximate surface area is 125 Å². The lowest BCUT2D eigenvalue weighted by atomic mass is 10.1. The van der Waals surface area contributed by atoms with Crippen LogP contribution in [0.1, 0.15) is 5.56 Å². The van der Waals surface area contributed by atoms with E-state index in [1.54, 1.807) is 12.4 Å². The van der Waals surface area contributed by atoms with Crippen molar-refractivity contribution in [3.63, 3.8) is 0 Å². The van der Waals surface area contributed by atoms with Crippen molar-refractivity contribution in [2.45, 2.75) is 6.92 Å². The lowest BCUT2D eigenvalue weighted by Crippen LogP contribution is -1.92. The summed E-state index contributed by atoms with van der Waals surface area (Å²) >= 11 is 3.52. The Morgan fingerprint density at radius 3 is 2.65 bits per heavy atom. The van der Waals surface area contributed by atoms with Gasteiger partial charge < -0.3 is 10.5 Å². The van der Waals surface area contributed by atoms with Crippen molar-refractivity contribution < 1.29 is 4.74 Å². The van der Waals surface area contributed by atoms with E-state index in [0.717, 1.165) is 32.4 Å². The number of nitrogens with zero attached hydrogens (tertiary/aromatic N) is 1. The number of hydrogen-bond acceptors (Lipinski definition) is 3. The van der Waals surface area contributed by atoms with Crippen molar-refractivity contribution >= 4 is 32.4 Å². The van der Waals surface area contributed by atoms with Gasteiger partial charge in [-0.1, -0.05) is 6.07 Å². The molecule has 1 aromatic heterocycles. The van der Waals surface area contributed by atoms with Crippen LogP contribution in [0.4, 0.5) is 5.69 Å². The van der Waals surface area contributed by atoms with Crippen molar-refractivity contribution in [1.29, 1.82) is 0 Å². The van der Waals surface area contributed by atoms with Gasteiger partial charge in [0.2, 0.25) is 0 Å². The molecule has 0 spiro atoms. The van der Waals surface area contributed by atoms with Gasteiger partial charge >= 0.3 is 0 Å². The highest BCUT2D eigenvalue weighted by atomic mass is 79.9. The number of pyridine rings is 1. The van der Waals surface area contributed by atoms with E-state index >= 15 is 0 Å². The molecule has 0 bridgehead atoms. The minimum atomic E-state index is 0.720. The number of hydrogen-bond donors (Lipinski definition) is 1. The Morgan fingerprint density at radius 1 is 1.05 bits per heavy atom. The van der Waals surface area contributed by atoms with Gasteiger partial charge in [0.05, 0.1) is 4.47 Å². The first-order valence-electron chi connectivity index (χ1n) is 6.21. The molecule has 0 fully saturated rings. The van der Waals surface area contributed by atoms with Crippen LogP contribution in [0.2, 0.25) is 0 Å². The van der Waals surface area contributed by atoms with E-state index in [-0.39, 0.29) is 0 Å². The number of anilines is 1. The molecule has 1 heterocycles. The van der Waals surface area contributed by atoms with E-state index in [1.165, 1.54) is 5.56 Å². The first-order valence-corrected chi connectivity index (χ1v) is 7.00. The van der Waals surface area contributed by atoms with Gasteiger partial charge in [-0.25, -0.2) is 0 Å². The first kappa shape index (κ1) is 12.9. The van der Waals surface area contributed by atoms with Crippen molar-refractivity contribution in [3.05, 3.63) is 58.8 Å². The van der Waals surface area contributed by atoms with Gasteiger partial charge in [-0.15, -0.1) is 0 Å². The highest BCUT2D eigenvalue weighted by Gasteiger charge is 2.08. The Kier molecular flexibility index (Phi) is 3.32. The number of nitrogens with two attached hydrogens (primary N) is 1. The molecular formula is C16H13BrN2O. The highest BCUT2D eigenvalue weighted by Crippen LogP contribution is 2.35. The molecule has 2 aromatic carbocycles. The van der Waals surface area contributed by atoms with E-state index in [0.29, 0.717) is 0 Å². The summed E-state index contributed by atoms with van der Waals surface area (Å²) in [5, 5.41) is 1.85. The van der Waals surface area contributed by atoms with Crippen molar-refractivity contribution in [2.24, 2.45) is 0 Å². The zero-order chi connectivity index (χ0) is 14.1. The van der Waals surface area contributed by atoms with Gasteiger partial charge in [0.1, 0.15) is 11.5 Å². The molecule has 0 aliphatic rings. The van der Waals surface area contributed by atoms with Crippen LogP contribution in [0.25, 0.3) is 10.8 Å². The summed E-state index contributed by atoms with van der Waals surface area (Å²) in [6, 6.07) is 11.6. The van der Waals surface area contributed by atoms with Crippen LogP contribution in [-0.2, 0) is 0 Å². The fraction of sp³-hybridized carbons (Fsp3) is 0.0625. The van der Waals surface area contributed by atoms with Gasteiger partial charge in [-0.2, -0.15) is 0 Å². The second-order valence-corrected chi connectivity index (χ2v) is 5.46. The van der Waals surface area contributed by atoms with Crippen LogP contribution >= 0.6 is 15.9 Å². The summed E-state index contributed by atoms with van der Waals surface area (Å²) in [4.78, 5) is 4.15.